The molecule has 0 spiro atoms. The maximum Gasteiger partial charge on any atom is 0.259 e. The van der Waals surface area contributed by atoms with Crippen molar-refractivity contribution in [3.05, 3.63) is 53.6 Å². The summed E-state index contributed by atoms with van der Waals surface area (Å²) in [7, 11) is 1.53. The lowest BCUT2D eigenvalue weighted by atomic mass is 9.92. The number of anilines is 1. The van der Waals surface area contributed by atoms with Gasteiger partial charge in [0.2, 0.25) is 0 Å². The van der Waals surface area contributed by atoms with Crippen LogP contribution in [0.1, 0.15) is 20.7 Å². The van der Waals surface area contributed by atoms with E-state index in [1.54, 1.807) is 42.5 Å². The molecule has 0 saturated carbocycles. The van der Waals surface area contributed by atoms with Gasteiger partial charge in [-0.3, -0.25) is 14.9 Å². The Balaban J connectivity index is 1.97. The second-order valence-electron chi connectivity index (χ2n) is 6.69. The van der Waals surface area contributed by atoms with Crippen molar-refractivity contribution in [2.24, 2.45) is 0 Å². The summed E-state index contributed by atoms with van der Waals surface area (Å²) in [6, 6.07) is 11.8. The van der Waals surface area contributed by atoms with Crippen LogP contribution in [-0.4, -0.2) is 29.0 Å². The number of phenols is 1. The fourth-order valence-corrected chi connectivity index (χ4v) is 3.89. The molecular formula is C21H15N3O4. The molecule has 7 heteroatoms. The minimum absolute atomic E-state index is 0.0773. The number of fused-ring (bicyclic) bond motifs is 5. The molecule has 2 amide bonds. The Morgan fingerprint density at radius 1 is 0.929 bits per heavy atom. The second kappa shape index (κ2) is 5.50. The van der Waals surface area contributed by atoms with Gasteiger partial charge in [0.1, 0.15) is 11.5 Å². The molecule has 0 aliphatic carbocycles. The molecule has 1 aliphatic heterocycles. The molecule has 2 heterocycles. The summed E-state index contributed by atoms with van der Waals surface area (Å²) in [5, 5.41) is 13.5. The molecule has 5 rings (SSSR count). The topological polar surface area (TPSA) is 117 Å². The number of carbonyl (C=O) groups is 2. The largest absolute Gasteiger partial charge is 0.508 e. The number of aromatic hydroxyl groups is 1. The fourth-order valence-electron chi connectivity index (χ4n) is 3.89. The quantitative estimate of drug-likeness (QED) is 0.318. The lowest BCUT2D eigenvalue weighted by Crippen LogP contribution is -2.20. The third kappa shape index (κ3) is 2.10. The second-order valence-corrected chi connectivity index (χ2v) is 6.69. The van der Waals surface area contributed by atoms with Gasteiger partial charge >= 0.3 is 0 Å². The van der Waals surface area contributed by atoms with Crippen LogP contribution in [0.15, 0.2) is 42.5 Å². The van der Waals surface area contributed by atoms with Crippen molar-refractivity contribution in [2.45, 2.75) is 0 Å². The van der Waals surface area contributed by atoms with Crippen molar-refractivity contribution in [1.29, 1.82) is 0 Å². The standard InChI is InChI=1S/C21H15N3O4/c1-28-16-5-2-9(22)6-11(16)12-8-15-17(19-18(12)20(26)24-21(19)27)13-7-10(25)3-4-14(13)23-15/h2-8,23,25H,22H2,1H3,(H,24,26,27). The number of amides is 2. The minimum atomic E-state index is -0.476. The number of hydrogen-bond acceptors (Lipinski definition) is 5. The maximum atomic E-state index is 12.7. The molecule has 0 bridgehead atoms. The molecule has 28 heavy (non-hydrogen) atoms. The van der Waals surface area contributed by atoms with Crippen LogP contribution in [-0.2, 0) is 0 Å². The van der Waals surface area contributed by atoms with Gasteiger partial charge in [-0.05, 0) is 42.5 Å². The number of nitrogens with one attached hydrogen (secondary N) is 2. The van der Waals surface area contributed by atoms with E-state index in [2.05, 4.69) is 10.3 Å². The number of nitrogens with two attached hydrogens (primary N) is 1. The summed E-state index contributed by atoms with van der Waals surface area (Å²) < 4.78 is 5.45. The summed E-state index contributed by atoms with van der Waals surface area (Å²) in [5.41, 5.74) is 9.60. The molecule has 0 saturated heterocycles. The van der Waals surface area contributed by atoms with E-state index in [0.29, 0.717) is 38.9 Å². The molecule has 138 valence electrons. The average Bonchev–Trinajstić information content (AvgIpc) is 3.17. The van der Waals surface area contributed by atoms with E-state index in [-0.39, 0.29) is 16.9 Å². The zero-order valence-corrected chi connectivity index (χ0v) is 14.8. The van der Waals surface area contributed by atoms with Crippen LogP contribution in [0.5, 0.6) is 11.5 Å². The number of phenolic OH excluding ortho intramolecular Hbond substituents is 1. The first-order chi connectivity index (χ1) is 13.5. The predicted octanol–water partition coefficient (Wildman–Crippen LogP) is 3.17. The SMILES string of the molecule is COc1ccc(N)cc1-c1cc2[nH]c3ccc(O)cc3c2c2c1C(=O)NC2=O. The molecule has 1 aromatic heterocycles. The highest BCUT2D eigenvalue weighted by atomic mass is 16.5. The van der Waals surface area contributed by atoms with Crippen molar-refractivity contribution < 1.29 is 19.4 Å². The Morgan fingerprint density at radius 2 is 1.71 bits per heavy atom. The molecule has 0 atom stereocenters. The zero-order chi connectivity index (χ0) is 19.6. The Kier molecular flexibility index (Phi) is 3.18. The van der Waals surface area contributed by atoms with Crippen LogP contribution < -0.4 is 15.8 Å². The van der Waals surface area contributed by atoms with Crippen LogP contribution in [0.3, 0.4) is 0 Å². The predicted molar refractivity (Wildman–Crippen MR) is 106 cm³/mol. The number of ether oxygens (including phenoxy) is 1. The number of methoxy groups -OCH3 is 1. The van der Waals surface area contributed by atoms with Crippen LogP contribution in [0.25, 0.3) is 32.9 Å². The first-order valence-corrected chi connectivity index (χ1v) is 8.59. The first kappa shape index (κ1) is 16.2. The monoisotopic (exact) mass is 373 g/mol. The molecule has 0 unspecified atom stereocenters. The third-order valence-corrected chi connectivity index (χ3v) is 5.06. The average molecular weight is 373 g/mol. The maximum absolute atomic E-state index is 12.7. The van der Waals surface area contributed by atoms with E-state index in [1.807, 2.05) is 0 Å². The number of carbonyl (C=O) groups excluding carboxylic acids is 2. The van der Waals surface area contributed by atoms with E-state index in [9.17, 15) is 14.7 Å². The van der Waals surface area contributed by atoms with Crippen molar-refractivity contribution in [2.75, 3.05) is 12.8 Å². The molecule has 0 radical (unpaired) electrons. The van der Waals surface area contributed by atoms with Gasteiger partial charge in [-0.25, -0.2) is 0 Å². The van der Waals surface area contributed by atoms with Gasteiger partial charge in [0.25, 0.3) is 11.8 Å². The summed E-state index contributed by atoms with van der Waals surface area (Å²) >= 11 is 0. The van der Waals surface area contributed by atoms with E-state index in [4.69, 9.17) is 10.5 Å². The van der Waals surface area contributed by atoms with E-state index in [1.165, 1.54) is 7.11 Å². The summed E-state index contributed by atoms with van der Waals surface area (Å²) in [5.74, 6) is -0.333. The number of aromatic amines is 1. The Hall–Kier alpha value is -4.00. The molecular weight excluding hydrogens is 358 g/mol. The fraction of sp³-hybridized carbons (Fsp3) is 0.0476. The normalized spacial score (nSPS) is 13.2. The number of hydrogen-bond donors (Lipinski definition) is 4. The van der Waals surface area contributed by atoms with Crippen molar-refractivity contribution in [1.82, 2.24) is 10.3 Å². The highest BCUT2D eigenvalue weighted by Crippen LogP contribution is 2.42. The summed E-state index contributed by atoms with van der Waals surface area (Å²) in [4.78, 5) is 28.6. The van der Waals surface area contributed by atoms with Gasteiger partial charge < -0.3 is 20.6 Å². The number of rotatable bonds is 2. The number of aromatic nitrogens is 1. The molecule has 4 aromatic rings. The van der Waals surface area contributed by atoms with Crippen LogP contribution in [0.4, 0.5) is 5.69 Å². The van der Waals surface area contributed by atoms with Gasteiger partial charge in [0, 0.05) is 38.6 Å². The smallest absolute Gasteiger partial charge is 0.259 e. The third-order valence-electron chi connectivity index (χ3n) is 5.06. The van der Waals surface area contributed by atoms with E-state index >= 15 is 0 Å². The van der Waals surface area contributed by atoms with Gasteiger partial charge in [-0.15, -0.1) is 0 Å². The summed E-state index contributed by atoms with van der Waals surface area (Å²) in [6.45, 7) is 0. The van der Waals surface area contributed by atoms with Crippen LogP contribution in [0.2, 0.25) is 0 Å². The van der Waals surface area contributed by atoms with Gasteiger partial charge in [0.15, 0.2) is 0 Å². The number of nitrogen functional groups attached to an aromatic ring is 1. The number of H-pyrrole nitrogens is 1. The van der Waals surface area contributed by atoms with Crippen molar-refractivity contribution in [3.63, 3.8) is 0 Å². The van der Waals surface area contributed by atoms with Crippen LogP contribution in [0, 0.1) is 0 Å². The molecule has 0 fully saturated rings. The first-order valence-electron chi connectivity index (χ1n) is 8.59. The Bertz CT molecular complexity index is 1340. The number of imide groups is 1. The lowest BCUT2D eigenvalue weighted by molar-refractivity contribution is 0.0880. The van der Waals surface area contributed by atoms with Crippen molar-refractivity contribution in [3.8, 4) is 22.6 Å². The zero-order valence-electron chi connectivity index (χ0n) is 14.8. The lowest BCUT2D eigenvalue weighted by Gasteiger charge is -2.13. The number of benzene rings is 3. The Labute approximate surface area is 158 Å². The summed E-state index contributed by atoms with van der Waals surface area (Å²) in [6.07, 6.45) is 0. The van der Waals surface area contributed by atoms with E-state index in [0.717, 1.165) is 5.52 Å². The molecule has 7 nitrogen and oxygen atoms in total. The highest BCUT2D eigenvalue weighted by molar-refractivity contribution is 6.32. The highest BCUT2D eigenvalue weighted by Gasteiger charge is 2.34. The van der Waals surface area contributed by atoms with Crippen molar-refractivity contribution >= 4 is 39.3 Å². The van der Waals surface area contributed by atoms with E-state index < -0.39 is 11.8 Å². The van der Waals surface area contributed by atoms with Crippen LogP contribution >= 0.6 is 0 Å². The molecule has 1 aliphatic rings. The van der Waals surface area contributed by atoms with Gasteiger partial charge in [0.05, 0.1) is 18.2 Å². The minimum Gasteiger partial charge on any atom is -0.508 e. The van der Waals surface area contributed by atoms with Gasteiger partial charge in [-0.1, -0.05) is 0 Å². The Morgan fingerprint density at radius 3 is 2.50 bits per heavy atom. The molecule has 3 aromatic carbocycles. The van der Waals surface area contributed by atoms with Gasteiger partial charge in [-0.2, -0.15) is 0 Å². The molecule has 5 N–H and O–H groups in total.